The van der Waals surface area contributed by atoms with Crippen LogP contribution in [0.2, 0.25) is 0 Å². The molecule has 0 aliphatic carbocycles. The van der Waals surface area contributed by atoms with Crippen LogP contribution < -0.4 is 5.56 Å². The van der Waals surface area contributed by atoms with Gasteiger partial charge in [-0.05, 0) is 53.4 Å². The molecule has 0 saturated heterocycles. The van der Waals surface area contributed by atoms with E-state index in [4.69, 9.17) is 0 Å². The summed E-state index contributed by atoms with van der Waals surface area (Å²) in [6.07, 6.45) is 0. The van der Waals surface area contributed by atoms with Crippen LogP contribution in [0.4, 0.5) is 4.39 Å². The average molecular weight is 371 g/mol. The summed E-state index contributed by atoms with van der Waals surface area (Å²) in [5.41, 5.74) is 3.83. The number of halogens is 1. The molecule has 28 heavy (non-hydrogen) atoms. The number of benzene rings is 2. The Labute approximate surface area is 158 Å². The van der Waals surface area contributed by atoms with E-state index in [0.717, 1.165) is 16.5 Å². The van der Waals surface area contributed by atoms with Crippen LogP contribution in [0, 0.1) is 5.82 Å². The normalized spacial score (nSPS) is 11.3. The van der Waals surface area contributed by atoms with Gasteiger partial charge in [-0.25, -0.2) is 14.1 Å². The maximum absolute atomic E-state index is 14.1. The molecule has 6 nitrogen and oxygen atoms in total. The highest BCUT2D eigenvalue weighted by atomic mass is 19.1. The van der Waals surface area contributed by atoms with E-state index in [0.29, 0.717) is 29.0 Å². The van der Waals surface area contributed by atoms with Gasteiger partial charge in [0, 0.05) is 17.1 Å². The van der Waals surface area contributed by atoms with Gasteiger partial charge >= 0.3 is 0 Å². The summed E-state index contributed by atoms with van der Waals surface area (Å²) in [4.78, 5) is 18.8. The van der Waals surface area contributed by atoms with Crippen LogP contribution >= 0.6 is 0 Å². The zero-order chi connectivity index (χ0) is 19.1. The third-order valence-electron chi connectivity index (χ3n) is 4.63. The van der Waals surface area contributed by atoms with Crippen LogP contribution in [0.3, 0.4) is 0 Å². The lowest BCUT2D eigenvalue weighted by atomic mass is 10.1. The maximum Gasteiger partial charge on any atom is 0.248 e. The fourth-order valence-electron chi connectivity index (χ4n) is 3.25. The predicted molar refractivity (Wildman–Crippen MR) is 104 cm³/mol. The van der Waals surface area contributed by atoms with E-state index < -0.39 is 0 Å². The Bertz CT molecular complexity index is 1390. The lowest BCUT2D eigenvalue weighted by Crippen LogP contribution is -2.05. The van der Waals surface area contributed by atoms with Crippen molar-refractivity contribution in [1.29, 1.82) is 0 Å². The van der Waals surface area contributed by atoms with Crippen molar-refractivity contribution in [3.05, 3.63) is 88.5 Å². The quantitative estimate of drug-likeness (QED) is 0.526. The molecule has 0 aliphatic rings. The maximum atomic E-state index is 14.1. The predicted octanol–water partition coefficient (Wildman–Crippen LogP) is 3.52. The molecule has 0 fully saturated rings. The number of H-pyrrole nitrogens is 1. The van der Waals surface area contributed by atoms with Crippen molar-refractivity contribution >= 4 is 22.1 Å². The van der Waals surface area contributed by atoms with Crippen LogP contribution in [0.5, 0.6) is 0 Å². The smallest absolute Gasteiger partial charge is 0.248 e. The van der Waals surface area contributed by atoms with Crippen molar-refractivity contribution in [3.8, 4) is 11.3 Å². The molecule has 0 aliphatic heterocycles. The molecule has 0 radical (unpaired) electrons. The number of hydrogen-bond acceptors (Lipinski definition) is 4. The van der Waals surface area contributed by atoms with Crippen molar-refractivity contribution in [1.82, 2.24) is 25.0 Å². The summed E-state index contributed by atoms with van der Waals surface area (Å²) in [6.45, 7) is 0.458. The van der Waals surface area contributed by atoms with Gasteiger partial charge in [0.15, 0.2) is 5.65 Å². The van der Waals surface area contributed by atoms with Gasteiger partial charge in [-0.2, -0.15) is 0 Å². The Kier molecular flexibility index (Phi) is 3.72. The third-order valence-corrected chi connectivity index (χ3v) is 4.63. The second-order valence-corrected chi connectivity index (χ2v) is 6.51. The zero-order valence-electron chi connectivity index (χ0n) is 14.6. The Morgan fingerprint density at radius 1 is 1.00 bits per heavy atom. The van der Waals surface area contributed by atoms with Crippen molar-refractivity contribution in [2.24, 2.45) is 0 Å². The first-order valence-electron chi connectivity index (χ1n) is 8.74. The molecule has 0 amide bonds. The largest absolute Gasteiger partial charge is 0.322 e. The lowest BCUT2D eigenvalue weighted by Gasteiger charge is -2.06. The third kappa shape index (κ3) is 2.83. The number of aromatic amines is 1. The number of nitrogens with one attached hydrogen (secondary N) is 1. The molecule has 2 aromatic carbocycles. The van der Waals surface area contributed by atoms with E-state index in [1.165, 1.54) is 12.1 Å². The first-order chi connectivity index (χ1) is 13.7. The minimum absolute atomic E-state index is 0.132. The van der Waals surface area contributed by atoms with Gasteiger partial charge in [-0.15, -0.1) is 5.10 Å². The molecule has 3 heterocycles. The number of pyridine rings is 2. The minimum Gasteiger partial charge on any atom is -0.322 e. The molecule has 0 saturated carbocycles. The molecule has 7 heteroatoms. The summed E-state index contributed by atoms with van der Waals surface area (Å²) < 4.78 is 15.8. The first kappa shape index (κ1) is 16.3. The van der Waals surface area contributed by atoms with Crippen molar-refractivity contribution in [2.75, 3.05) is 0 Å². The monoisotopic (exact) mass is 371 g/mol. The second kappa shape index (κ2) is 6.38. The molecule has 5 aromatic rings. The number of nitrogens with zero attached hydrogens (tertiary/aromatic N) is 4. The molecule has 5 rings (SSSR count). The second-order valence-electron chi connectivity index (χ2n) is 6.51. The van der Waals surface area contributed by atoms with Crippen LogP contribution in [-0.4, -0.2) is 25.0 Å². The van der Waals surface area contributed by atoms with E-state index in [1.54, 1.807) is 41.1 Å². The van der Waals surface area contributed by atoms with Gasteiger partial charge in [-0.3, -0.25) is 4.79 Å². The van der Waals surface area contributed by atoms with Crippen LogP contribution in [-0.2, 0) is 6.54 Å². The molecule has 3 aromatic heterocycles. The van der Waals surface area contributed by atoms with Gasteiger partial charge in [0.2, 0.25) is 5.56 Å². The summed E-state index contributed by atoms with van der Waals surface area (Å²) in [5, 5.41) is 9.28. The molecule has 1 N–H and O–H groups in total. The van der Waals surface area contributed by atoms with Crippen molar-refractivity contribution in [3.63, 3.8) is 0 Å². The molecular formula is C21H14FN5O. The fourth-order valence-corrected chi connectivity index (χ4v) is 3.25. The van der Waals surface area contributed by atoms with E-state index >= 15 is 0 Å². The van der Waals surface area contributed by atoms with Gasteiger partial charge in [0.05, 0.1) is 12.2 Å². The van der Waals surface area contributed by atoms with E-state index in [9.17, 15) is 9.18 Å². The SMILES string of the molecule is O=c1ccc2cc(Cn3nnc4ccc(-c5ccccc5F)nc43)ccc2[nH]1. The fraction of sp³-hybridized carbons (Fsp3) is 0.0476. The molecule has 0 atom stereocenters. The highest BCUT2D eigenvalue weighted by Gasteiger charge is 2.11. The summed E-state index contributed by atoms with van der Waals surface area (Å²) in [6, 6.07) is 19.1. The highest BCUT2D eigenvalue weighted by molar-refractivity contribution is 5.79. The van der Waals surface area contributed by atoms with Crippen molar-refractivity contribution < 1.29 is 4.39 Å². The topological polar surface area (TPSA) is 76.5 Å². The van der Waals surface area contributed by atoms with Crippen LogP contribution in [0.25, 0.3) is 33.3 Å². The summed E-state index contributed by atoms with van der Waals surface area (Å²) >= 11 is 0. The number of aromatic nitrogens is 5. The van der Waals surface area contributed by atoms with Crippen LogP contribution in [0.15, 0.2) is 71.5 Å². The summed E-state index contributed by atoms with van der Waals surface area (Å²) in [7, 11) is 0. The standard InChI is InChI=1S/C21H14FN5O/c22-16-4-2-1-3-15(16)18-8-9-19-21(24-18)27(26-25-19)12-13-5-7-17-14(11-13)6-10-20(28)23-17/h1-11H,12H2,(H,23,28). The molecule has 136 valence electrons. The molecule has 0 bridgehead atoms. The first-order valence-corrected chi connectivity index (χ1v) is 8.74. The molecule has 0 unspecified atom stereocenters. The average Bonchev–Trinajstić information content (AvgIpc) is 3.10. The molecule has 0 spiro atoms. The van der Waals surface area contributed by atoms with Gasteiger partial charge in [0.25, 0.3) is 0 Å². The van der Waals surface area contributed by atoms with E-state index in [-0.39, 0.29) is 11.4 Å². The van der Waals surface area contributed by atoms with Gasteiger partial charge in [0.1, 0.15) is 11.3 Å². The Hall–Kier alpha value is -3.87. The van der Waals surface area contributed by atoms with E-state index in [2.05, 4.69) is 20.3 Å². The van der Waals surface area contributed by atoms with Crippen molar-refractivity contribution in [2.45, 2.75) is 6.54 Å². The molecular weight excluding hydrogens is 357 g/mol. The lowest BCUT2D eigenvalue weighted by molar-refractivity contribution is 0.630. The Balaban J connectivity index is 1.56. The highest BCUT2D eigenvalue weighted by Crippen LogP contribution is 2.23. The Morgan fingerprint density at radius 3 is 2.79 bits per heavy atom. The van der Waals surface area contributed by atoms with Gasteiger partial charge in [-0.1, -0.05) is 23.4 Å². The number of rotatable bonds is 3. The minimum atomic E-state index is -0.322. The van der Waals surface area contributed by atoms with Crippen LogP contribution in [0.1, 0.15) is 5.56 Å². The number of hydrogen-bond donors (Lipinski definition) is 1. The number of fused-ring (bicyclic) bond motifs is 2. The summed E-state index contributed by atoms with van der Waals surface area (Å²) in [5.74, 6) is -0.322. The zero-order valence-corrected chi connectivity index (χ0v) is 14.6. The Morgan fingerprint density at radius 2 is 1.89 bits per heavy atom. The van der Waals surface area contributed by atoms with Gasteiger partial charge < -0.3 is 4.98 Å². The van der Waals surface area contributed by atoms with E-state index in [1.807, 2.05) is 18.2 Å².